The number of hydrogen-bond donors (Lipinski definition) is 5. The Morgan fingerprint density at radius 3 is 1.70 bits per heavy atom. The molecule has 24 heteroatoms. The zero-order valence-corrected chi connectivity index (χ0v) is 30.2. The van der Waals surface area contributed by atoms with Crippen LogP contribution in [0.25, 0.3) is 11.1 Å². The highest BCUT2D eigenvalue weighted by Gasteiger charge is 2.39. The summed E-state index contributed by atoms with van der Waals surface area (Å²) >= 11 is 0. The molecule has 314 valence electrons. The number of nitrogens with zero attached hydrogens (tertiary/aromatic N) is 4. The summed E-state index contributed by atoms with van der Waals surface area (Å²) in [6, 6.07) is 13.3. The van der Waals surface area contributed by atoms with Crippen LogP contribution in [0.3, 0.4) is 0 Å². The fraction of sp³-hybridized carbons (Fsp3) is 0.406. The van der Waals surface area contributed by atoms with Gasteiger partial charge >= 0.3 is 42.5 Å². The molecular formula is C32H39F9N6O9. The van der Waals surface area contributed by atoms with Crippen molar-refractivity contribution < 1.29 is 83.5 Å². The minimum Gasteiger partial charge on any atom is -0.497 e. The first-order valence-electron chi connectivity index (χ1n) is 15.3. The minimum atomic E-state index is -5.08. The molecule has 2 amide bonds. The lowest BCUT2D eigenvalue weighted by Gasteiger charge is -2.26. The fourth-order valence-corrected chi connectivity index (χ4v) is 3.43. The number of alkyl halides is 9. The normalized spacial score (nSPS) is 11.1. The summed E-state index contributed by atoms with van der Waals surface area (Å²) in [5, 5.41) is 31.3. The number of halogens is 9. The molecule has 0 radical (unpaired) electrons. The number of nitrogens with one attached hydrogen (secondary N) is 2. The number of H-pyrrole nitrogens is 1. The predicted octanol–water partition coefficient (Wildman–Crippen LogP) is 5.52. The molecule has 0 spiro atoms. The van der Waals surface area contributed by atoms with E-state index in [0.717, 1.165) is 35.5 Å². The van der Waals surface area contributed by atoms with Gasteiger partial charge in [-0.15, -0.1) is 0 Å². The highest BCUT2D eigenvalue weighted by molar-refractivity contribution is 5.91. The first kappa shape index (κ1) is 50.2. The van der Waals surface area contributed by atoms with Crippen LogP contribution in [0.1, 0.15) is 5.56 Å². The molecule has 0 aliphatic heterocycles. The van der Waals surface area contributed by atoms with E-state index in [1.54, 1.807) is 18.2 Å². The number of methoxy groups -OCH3 is 1. The molecule has 0 aliphatic carbocycles. The van der Waals surface area contributed by atoms with E-state index in [1.165, 1.54) is 0 Å². The molecule has 1 heterocycles. The maximum atomic E-state index is 13.4. The van der Waals surface area contributed by atoms with Crippen molar-refractivity contribution in [3.05, 3.63) is 60.4 Å². The first-order chi connectivity index (χ1) is 25.7. The smallest absolute Gasteiger partial charge is 0.490 e. The second-order valence-corrected chi connectivity index (χ2v) is 11.3. The average molecular weight is 823 g/mol. The number of likely N-dealkylation sites (N-methyl/N-ethyl adjacent to an activating group) is 2. The number of carboxylic acids is 3. The van der Waals surface area contributed by atoms with E-state index in [4.69, 9.17) is 39.2 Å². The van der Waals surface area contributed by atoms with Crippen LogP contribution in [-0.4, -0.2) is 144 Å². The number of carbonyl (C=O) groups excluding carboxylic acids is 1. The molecule has 56 heavy (non-hydrogen) atoms. The van der Waals surface area contributed by atoms with Gasteiger partial charge in [-0.1, -0.05) is 18.2 Å². The van der Waals surface area contributed by atoms with E-state index in [1.807, 2.05) is 76.9 Å². The Kier molecular flexibility index (Phi) is 20.8. The molecule has 0 bridgehead atoms. The van der Waals surface area contributed by atoms with Crippen molar-refractivity contribution in [1.82, 2.24) is 24.9 Å². The van der Waals surface area contributed by atoms with Gasteiger partial charge in [0.2, 0.25) is 0 Å². The van der Waals surface area contributed by atoms with Crippen LogP contribution in [-0.2, 0) is 20.9 Å². The number of aromatic nitrogens is 2. The van der Waals surface area contributed by atoms with E-state index >= 15 is 0 Å². The monoisotopic (exact) mass is 822 g/mol. The number of aromatic amines is 1. The molecule has 0 saturated carbocycles. The highest BCUT2D eigenvalue weighted by atomic mass is 19.4. The molecule has 0 atom stereocenters. The quantitative estimate of drug-likeness (QED) is 0.144. The molecule has 1 aromatic heterocycles. The SMILES string of the molecule is COc1cccc(CN(CCN(C)C)C(=O)Nc2ccc(-c3cn[nH]c3)cc2OCCN(C)C)c1.O=C(O)C(F)(F)F.O=C(O)C(F)(F)F.O=C(O)C(F)(F)F. The van der Waals surface area contributed by atoms with E-state index < -0.39 is 36.4 Å². The number of carboxylic acid groups (broad SMARTS) is 3. The number of amides is 2. The van der Waals surface area contributed by atoms with Crippen LogP contribution in [0.5, 0.6) is 11.5 Å². The highest BCUT2D eigenvalue weighted by Crippen LogP contribution is 2.31. The van der Waals surface area contributed by atoms with Crippen LogP contribution < -0.4 is 14.8 Å². The van der Waals surface area contributed by atoms with Crippen LogP contribution >= 0.6 is 0 Å². The summed E-state index contributed by atoms with van der Waals surface area (Å²) in [5.41, 5.74) is 3.53. The van der Waals surface area contributed by atoms with Gasteiger partial charge in [0.1, 0.15) is 18.1 Å². The lowest BCUT2D eigenvalue weighted by molar-refractivity contribution is -0.193. The topological polar surface area (TPSA) is 198 Å². The van der Waals surface area contributed by atoms with Gasteiger partial charge in [-0.25, -0.2) is 19.2 Å². The number of rotatable bonds is 12. The third kappa shape index (κ3) is 21.2. The predicted molar refractivity (Wildman–Crippen MR) is 180 cm³/mol. The van der Waals surface area contributed by atoms with Crippen LogP contribution in [0.4, 0.5) is 50.0 Å². The van der Waals surface area contributed by atoms with Crippen LogP contribution in [0.2, 0.25) is 0 Å². The Bertz CT molecular complexity index is 1610. The van der Waals surface area contributed by atoms with Gasteiger partial charge in [-0.2, -0.15) is 44.6 Å². The molecule has 15 nitrogen and oxygen atoms in total. The van der Waals surface area contributed by atoms with Gasteiger partial charge in [0.15, 0.2) is 0 Å². The molecular weight excluding hydrogens is 783 g/mol. The van der Waals surface area contributed by atoms with Crippen molar-refractivity contribution in [1.29, 1.82) is 0 Å². The second-order valence-electron chi connectivity index (χ2n) is 11.3. The summed E-state index contributed by atoms with van der Waals surface area (Å²) in [4.78, 5) is 46.0. The average Bonchev–Trinajstić information content (AvgIpc) is 3.62. The van der Waals surface area contributed by atoms with Crippen LogP contribution in [0, 0.1) is 0 Å². The number of carbonyl (C=O) groups is 4. The number of ether oxygens (including phenoxy) is 2. The van der Waals surface area contributed by atoms with Crippen molar-refractivity contribution in [2.75, 3.05) is 66.9 Å². The van der Waals surface area contributed by atoms with Gasteiger partial charge in [-0.3, -0.25) is 5.10 Å². The molecule has 0 aliphatic rings. The molecule has 0 unspecified atom stereocenters. The van der Waals surface area contributed by atoms with Crippen molar-refractivity contribution in [3.8, 4) is 22.6 Å². The van der Waals surface area contributed by atoms with Gasteiger partial charge < -0.3 is 44.8 Å². The molecule has 3 aromatic rings. The Hall–Kier alpha value is -5.78. The maximum absolute atomic E-state index is 13.4. The van der Waals surface area contributed by atoms with Crippen LogP contribution in [0.15, 0.2) is 54.9 Å². The zero-order valence-electron chi connectivity index (χ0n) is 30.2. The minimum absolute atomic E-state index is 0.191. The first-order valence-corrected chi connectivity index (χ1v) is 15.3. The Morgan fingerprint density at radius 2 is 1.27 bits per heavy atom. The van der Waals surface area contributed by atoms with Crippen molar-refractivity contribution in [2.45, 2.75) is 25.1 Å². The van der Waals surface area contributed by atoms with Gasteiger partial charge in [0.25, 0.3) is 0 Å². The van der Waals surface area contributed by atoms with Gasteiger partial charge in [0.05, 0.1) is 19.0 Å². The third-order valence-electron chi connectivity index (χ3n) is 6.19. The lowest BCUT2D eigenvalue weighted by atomic mass is 10.1. The Labute approximate surface area is 313 Å². The Balaban J connectivity index is 0.00000117. The summed E-state index contributed by atoms with van der Waals surface area (Å²) in [6.45, 7) is 3.02. The van der Waals surface area contributed by atoms with E-state index in [9.17, 15) is 44.3 Å². The van der Waals surface area contributed by atoms with Crippen molar-refractivity contribution in [2.24, 2.45) is 0 Å². The van der Waals surface area contributed by atoms with Crippen molar-refractivity contribution in [3.63, 3.8) is 0 Å². The summed E-state index contributed by atoms with van der Waals surface area (Å²) in [6.07, 6.45) is -11.7. The number of hydrogen-bond acceptors (Lipinski definition) is 9. The second kappa shape index (κ2) is 23.2. The lowest BCUT2D eigenvalue weighted by Crippen LogP contribution is -2.39. The number of anilines is 1. The molecule has 5 N–H and O–H groups in total. The van der Waals surface area contributed by atoms with Crippen molar-refractivity contribution >= 4 is 29.6 Å². The van der Waals surface area contributed by atoms with E-state index in [2.05, 4.69) is 25.3 Å². The summed E-state index contributed by atoms with van der Waals surface area (Å²) in [5.74, 6) is -6.89. The molecule has 0 fully saturated rings. The maximum Gasteiger partial charge on any atom is 0.490 e. The molecule has 3 rings (SSSR count). The number of benzene rings is 2. The zero-order chi connectivity index (χ0) is 43.4. The number of aliphatic carboxylic acids is 3. The third-order valence-corrected chi connectivity index (χ3v) is 6.19. The van der Waals surface area contributed by atoms with E-state index in [-0.39, 0.29) is 6.03 Å². The standard InChI is InChI=1S/C26H36N6O3.3C2HF3O2/c1-30(2)11-12-32(19-20-7-6-8-23(15-20)34-5)26(33)29-24-10-9-21(22-17-27-28-18-22)16-25(24)35-14-13-31(3)4;3*3-2(4,5)1(6)7/h6-10,15-18H,11-14,19H2,1-5H3,(H,27,28)(H,29,33);3*(H,6,7). The number of urea groups is 1. The van der Waals surface area contributed by atoms with Gasteiger partial charge in [0, 0.05) is 37.9 Å². The summed E-state index contributed by atoms with van der Waals surface area (Å²) in [7, 11) is 9.62. The largest absolute Gasteiger partial charge is 0.497 e. The Morgan fingerprint density at radius 1 is 0.750 bits per heavy atom. The van der Waals surface area contributed by atoms with E-state index in [0.29, 0.717) is 31.1 Å². The molecule has 2 aromatic carbocycles. The fourth-order valence-electron chi connectivity index (χ4n) is 3.43. The van der Waals surface area contributed by atoms with Gasteiger partial charge in [-0.05, 0) is 63.6 Å². The summed E-state index contributed by atoms with van der Waals surface area (Å²) < 4.78 is 107. The molecule has 0 saturated heterocycles.